The Labute approximate surface area is 94.6 Å². The van der Waals surface area contributed by atoms with Crippen LogP contribution in [0, 0.1) is 0 Å². The summed E-state index contributed by atoms with van der Waals surface area (Å²) in [6.45, 7) is 3.31. The molecule has 6 heteroatoms. The Kier molecular flexibility index (Phi) is 5.06. The minimum Gasteiger partial charge on any atom is -0.383 e. The normalized spacial score (nSPS) is 12.1. The van der Waals surface area contributed by atoms with Gasteiger partial charge >= 0.3 is 0 Å². The smallest absolute Gasteiger partial charge is 0.166 e. The molecule has 0 saturated heterocycles. The van der Waals surface area contributed by atoms with Crippen LogP contribution < -0.4 is 10.6 Å². The molecule has 0 bridgehead atoms. The van der Waals surface area contributed by atoms with Crippen molar-refractivity contribution in [3.63, 3.8) is 0 Å². The predicted octanol–water partition coefficient (Wildman–Crippen LogP) is 0.409. The summed E-state index contributed by atoms with van der Waals surface area (Å²) in [5, 5.41) is 13.4. The number of hydrogen-bond acceptors (Lipinski definition) is 3. The summed E-state index contributed by atoms with van der Waals surface area (Å²) in [4.78, 5) is 0. The van der Waals surface area contributed by atoms with E-state index >= 15 is 0 Å². The highest BCUT2D eigenvalue weighted by Gasteiger charge is 2.02. The molecule has 1 rings (SSSR count). The van der Waals surface area contributed by atoms with Crippen LogP contribution in [0.4, 0.5) is 0 Å². The molecule has 0 amide bonds. The first kappa shape index (κ1) is 11.9. The lowest BCUT2D eigenvalue weighted by molar-refractivity contribution is 0.179. The number of rotatable bonds is 5. The lowest BCUT2D eigenvalue weighted by atomic mass is 10.3. The second kappa shape index (κ2) is 6.36. The average Bonchev–Trinajstić information content (AvgIpc) is 2.67. The van der Waals surface area contributed by atoms with Gasteiger partial charge in [0.25, 0.3) is 0 Å². The van der Waals surface area contributed by atoms with E-state index in [1.54, 1.807) is 13.3 Å². The highest BCUT2D eigenvalue weighted by molar-refractivity contribution is 7.80. The number of aromatic nitrogens is 2. The van der Waals surface area contributed by atoms with Gasteiger partial charge in [0.15, 0.2) is 5.11 Å². The zero-order valence-corrected chi connectivity index (χ0v) is 9.73. The summed E-state index contributed by atoms with van der Waals surface area (Å²) < 4.78 is 4.99. The van der Waals surface area contributed by atoms with E-state index in [4.69, 9.17) is 17.0 Å². The predicted molar refractivity (Wildman–Crippen MR) is 62.5 cm³/mol. The minimum absolute atomic E-state index is 0.208. The van der Waals surface area contributed by atoms with Gasteiger partial charge < -0.3 is 15.4 Å². The molecule has 84 valence electrons. The molecule has 0 aliphatic heterocycles. The van der Waals surface area contributed by atoms with Crippen LogP contribution >= 0.6 is 12.2 Å². The van der Waals surface area contributed by atoms with Gasteiger partial charge in [0, 0.05) is 31.5 Å². The molecule has 1 atom stereocenters. The van der Waals surface area contributed by atoms with E-state index in [2.05, 4.69) is 20.8 Å². The van der Waals surface area contributed by atoms with Crippen molar-refractivity contribution < 1.29 is 4.74 Å². The largest absolute Gasteiger partial charge is 0.383 e. The maximum Gasteiger partial charge on any atom is 0.166 e. The van der Waals surface area contributed by atoms with Gasteiger partial charge in [-0.05, 0) is 19.1 Å². The first-order chi connectivity index (χ1) is 7.22. The number of aromatic amines is 1. The van der Waals surface area contributed by atoms with Crippen LogP contribution in [-0.2, 0) is 11.3 Å². The molecule has 1 aromatic heterocycles. The van der Waals surface area contributed by atoms with Crippen LogP contribution in [0.2, 0.25) is 0 Å². The van der Waals surface area contributed by atoms with Crippen molar-refractivity contribution in [1.82, 2.24) is 20.8 Å². The van der Waals surface area contributed by atoms with Crippen molar-refractivity contribution in [1.29, 1.82) is 0 Å². The highest BCUT2D eigenvalue weighted by atomic mass is 32.1. The molecule has 1 aromatic rings. The molecule has 0 spiro atoms. The van der Waals surface area contributed by atoms with E-state index in [9.17, 15) is 0 Å². The van der Waals surface area contributed by atoms with E-state index in [-0.39, 0.29) is 6.04 Å². The van der Waals surface area contributed by atoms with Gasteiger partial charge in [-0.3, -0.25) is 5.10 Å². The Morgan fingerprint density at radius 1 is 1.73 bits per heavy atom. The Bertz CT molecular complexity index is 288. The minimum atomic E-state index is 0.208. The topological polar surface area (TPSA) is 62.0 Å². The third-order valence-corrected chi connectivity index (χ3v) is 2.06. The summed E-state index contributed by atoms with van der Waals surface area (Å²) in [5.74, 6) is 0. The van der Waals surface area contributed by atoms with Gasteiger partial charge in [-0.25, -0.2) is 0 Å². The fourth-order valence-electron chi connectivity index (χ4n) is 1.12. The molecule has 0 aliphatic carbocycles. The summed E-state index contributed by atoms with van der Waals surface area (Å²) in [5.41, 5.74) is 1.07. The molecule has 0 radical (unpaired) electrons. The Morgan fingerprint density at radius 3 is 3.13 bits per heavy atom. The van der Waals surface area contributed by atoms with Crippen molar-refractivity contribution in [2.75, 3.05) is 13.7 Å². The lowest BCUT2D eigenvalue weighted by Gasteiger charge is -2.15. The van der Waals surface area contributed by atoms with Crippen LogP contribution in [0.15, 0.2) is 12.4 Å². The zero-order valence-electron chi connectivity index (χ0n) is 8.91. The SMILES string of the molecule is COCC(C)NC(=S)NCc1cn[nH]c1. The summed E-state index contributed by atoms with van der Waals surface area (Å²) in [6.07, 6.45) is 3.59. The van der Waals surface area contributed by atoms with Gasteiger partial charge in [0.1, 0.15) is 0 Å². The van der Waals surface area contributed by atoms with E-state index in [1.165, 1.54) is 0 Å². The number of nitrogens with zero attached hydrogens (tertiary/aromatic N) is 1. The van der Waals surface area contributed by atoms with Crippen LogP contribution in [-0.4, -0.2) is 35.1 Å². The molecule has 0 fully saturated rings. The van der Waals surface area contributed by atoms with Crippen LogP contribution in [0.5, 0.6) is 0 Å². The zero-order chi connectivity index (χ0) is 11.1. The standard InChI is InChI=1S/C9H16N4OS/c1-7(6-14-2)13-9(15)10-3-8-4-11-12-5-8/h4-5,7H,3,6H2,1-2H3,(H,11,12)(H2,10,13,15). The number of thiocarbonyl (C=S) groups is 1. The molecule has 1 heterocycles. The first-order valence-electron chi connectivity index (χ1n) is 4.73. The Morgan fingerprint density at radius 2 is 2.53 bits per heavy atom. The summed E-state index contributed by atoms with van der Waals surface area (Å²) in [7, 11) is 1.67. The molecule has 3 N–H and O–H groups in total. The molecule has 1 unspecified atom stereocenters. The van der Waals surface area contributed by atoms with Crippen molar-refractivity contribution in [3.8, 4) is 0 Å². The highest BCUT2D eigenvalue weighted by Crippen LogP contribution is 1.92. The second-order valence-electron chi connectivity index (χ2n) is 3.29. The van der Waals surface area contributed by atoms with Crippen molar-refractivity contribution in [2.24, 2.45) is 0 Å². The molecule has 5 nitrogen and oxygen atoms in total. The number of methoxy groups -OCH3 is 1. The summed E-state index contributed by atoms with van der Waals surface area (Å²) in [6, 6.07) is 0.208. The second-order valence-corrected chi connectivity index (χ2v) is 3.70. The maximum absolute atomic E-state index is 5.11. The quantitative estimate of drug-likeness (QED) is 0.637. The average molecular weight is 228 g/mol. The lowest BCUT2D eigenvalue weighted by Crippen LogP contribution is -2.42. The molecular weight excluding hydrogens is 212 g/mol. The van der Waals surface area contributed by atoms with Gasteiger partial charge in [-0.2, -0.15) is 5.10 Å². The Balaban J connectivity index is 2.19. The van der Waals surface area contributed by atoms with Crippen molar-refractivity contribution >= 4 is 17.3 Å². The summed E-state index contributed by atoms with van der Waals surface area (Å²) >= 11 is 5.11. The van der Waals surface area contributed by atoms with Crippen LogP contribution in [0.1, 0.15) is 12.5 Å². The van der Waals surface area contributed by atoms with E-state index in [0.717, 1.165) is 5.56 Å². The van der Waals surface area contributed by atoms with Crippen molar-refractivity contribution in [3.05, 3.63) is 18.0 Å². The monoisotopic (exact) mass is 228 g/mol. The van der Waals surface area contributed by atoms with Gasteiger partial charge in [0.05, 0.1) is 12.8 Å². The fourth-order valence-corrected chi connectivity index (χ4v) is 1.40. The maximum atomic E-state index is 5.11. The van der Waals surface area contributed by atoms with Gasteiger partial charge in [0.2, 0.25) is 0 Å². The molecule has 15 heavy (non-hydrogen) atoms. The van der Waals surface area contributed by atoms with Crippen molar-refractivity contribution in [2.45, 2.75) is 19.5 Å². The van der Waals surface area contributed by atoms with E-state index in [0.29, 0.717) is 18.3 Å². The molecule has 0 aromatic carbocycles. The number of nitrogens with one attached hydrogen (secondary N) is 3. The number of hydrogen-bond donors (Lipinski definition) is 3. The molecular formula is C9H16N4OS. The third-order valence-electron chi connectivity index (χ3n) is 1.80. The molecule has 0 saturated carbocycles. The van der Waals surface area contributed by atoms with Gasteiger partial charge in [-0.15, -0.1) is 0 Å². The van der Waals surface area contributed by atoms with Crippen LogP contribution in [0.25, 0.3) is 0 Å². The molecule has 0 aliphatic rings. The fraction of sp³-hybridized carbons (Fsp3) is 0.556. The Hall–Kier alpha value is -1.14. The number of ether oxygens (including phenoxy) is 1. The number of H-pyrrole nitrogens is 1. The first-order valence-corrected chi connectivity index (χ1v) is 5.14. The van der Waals surface area contributed by atoms with E-state index < -0.39 is 0 Å². The van der Waals surface area contributed by atoms with Crippen LogP contribution in [0.3, 0.4) is 0 Å². The van der Waals surface area contributed by atoms with Gasteiger partial charge in [-0.1, -0.05) is 0 Å². The third kappa shape index (κ3) is 4.75. The van der Waals surface area contributed by atoms with E-state index in [1.807, 2.05) is 13.1 Å².